The Morgan fingerprint density at radius 1 is 1.38 bits per heavy atom. The molecule has 1 rings (SSSR count). The van der Waals surface area contributed by atoms with E-state index in [1.165, 1.54) is 5.56 Å². The van der Waals surface area contributed by atoms with Gasteiger partial charge in [-0.05, 0) is 31.9 Å². The van der Waals surface area contributed by atoms with E-state index in [-0.39, 0.29) is 12.1 Å². The molecule has 0 saturated heterocycles. The van der Waals surface area contributed by atoms with Gasteiger partial charge >= 0.3 is 0 Å². The third kappa shape index (κ3) is 2.36. The Labute approximate surface area is 97.9 Å². The molecule has 1 aromatic rings. The average molecular weight is 222 g/mol. The van der Waals surface area contributed by atoms with Gasteiger partial charge in [0.2, 0.25) is 0 Å². The summed E-state index contributed by atoms with van der Waals surface area (Å²) in [6, 6.07) is 6.12. The zero-order valence-corrected chi connectivity index (χ0v) is 10.6. The predicted octanol–water partition coefficient (Wildman–Crippen LogP) is 1.66. The summed E-state index contributed by atoms with van der Waals surface area (Å²) in [7, 11) is 2.00. The van der Waals surface area contributed by atoms with Crippen molar-refractivity contribution >= 4 is 5.69 Å². The Hall–Kier alpha value is -1.06. The number of likely N-dealkylation sites (N-methyl/N-ethyl adjacent to an activating group) is 1. The highest BCUT2D eigenvalue weighted by Crippen LogP contribution is 2.29. The summed E-state index contributed by atoms with van der Waals surface area (Å²) in [6.07, 6.45) is 0. The zero-order valence-electron chi connectivity index (χ0n) is 10.6. The van der Waals surface area contributed by atoms with E-state index >= 15 is 0 Å². The molecule has 0 bridgehead atoms. The van der Waals surface area contributed by atoms with Crippen molar-refractivity contribution in [3.8, 4) is 0 Å². The molecule has 16 heavy (non-hydrogen) atoms. The molecule has 3 N–H and O–H groups in total. The Bertz CT molecular complexity index is 361. The number of rotatable bonds is 4. The third-order valence-corrected chi connectivity index (χ3v) is 3.17. The van der Waals surface area contributed by atoms with E-state index in [1.807, 2.05) is 33.0 Å². The Balaban J connectivity index is 3.21. The van der Waals surface area contributed by atoms with Gasteiger partial charge in [0, 0.05) is 19.3 Å². The number of nitrogens with zero attached hydrogens (tertiary/aromatic N) is 1. The van der Waals surface area contributed by atoms with Gasteiger partial charge in [-0.2, -0.15) is 0 Å². The van der Waals surface area contributed by atoms with Gasteiger partial charge in [0.15, 0.2) is 0 Å². The van der Waals surface area contributed by atoms with E-state index in [9.17, 15) is 5.11 Å². The van der Waals surface area contributed by atoms with Crippen LogP contribution >= 0.6 is 0 Å². The molecule has 0 aliphatic carbocycles. The van der Waals surface area contributed by atoms with Gasteiger partial charge in [0.05, 0.1) is 12.1 Å². The molecular weight excluding hydrogens is 200 g/mol. The van der Waals surface area contributed by atoms with Gasteiger partial charge in [0.25, 0.3) is 0 Å². The first-order valence-electron chi connectivity index (χ1n) is 5.57. The maximum atomic E-state index is 9.41. The average Bonchev–Trinajstić information content (AvgIpc) is 2.27. The highest BCUT2D eigenvalue weighted by Gasteiger charge is 2.25. The second kappa shape index (κ2) is 4.85. The minimum absolute atomic E-state index is 0.113. The van der Waals surface area contributed by atoms with Crippen LogP contribution in [0.2, 0.25) is 0 Å². The zero-order chi connectivity index (χ0) is 12.3. The fourth-order valence-electron chi connectivity index (χ4n) is 1.77. The van der Waals surface area contributed by atoms with Crippen molar-refractivity contribution in [2.75, 3.05) is 18.6 Å². The van der Waals surface area contributed by atoms with Crippen molar-refractivity contribution in [1.29, 1.82) is 0 Å². The standard InChI is InChI=1S/C13H22N2O/c1-10-6-5-7-11(8-14)12(10)15(4)13(2,3)9-16/h5-7,16H,8-9,14H2,1-4H3. The summed E-state index contributed by atoms with van der Waals surface area (Å²) in [6.45, 7) is 6.72. The fraction of sp³-hybridized carbons (Fsp3) is 0.538. The smallest absolute Gasteiger partial charge is 0.0658 e. The molecule has 1 aromatic carbocycles. The molecular formula is C13H22N2O. The normalized spacial score (nSPS) is 11.6. The maximum absolute atomic E-state index is 9.41. The van der Waals surface area contributed by atoms with Gasteiger partial charge in [-0.3, -0.25) is 0 Å². The number of aryl methyl sites for hydroxylation is 1. The second-order valence-corrected chi connectivity index (χ2v) is 4.82. The lowest BCUT2D eigenvalue weighted by molar-refractivity contribution is 0.216. The van der Waals surface area contributed by atoms with Crippen molar-refractivity contribution in [1.82, 2.24) is 0 Å². The molecule has 90 valence electrons. The number of hydrogen-bond acceptors (Lipinski definition) is 3. The van der Waals surface area contributed by atoms with Crippen LogP contribution in [0.4, 0.5) is 5.69 Å². The first-order chi connectivity index (χ1) is 7.44. The molecule has 0 spiro atoms. The van der Waals surface area contributed by atoms with Crippen molar-refractivity contribution in [2.24, 2.45) is 5.73 Å². The van der Waals surface area contributed by atoms with Gasteiger partial charge in [0.1, 0.15) is 0 Å². The van der Waals surface area contributed by atoms with E-state index < -0.39 is 0 Å². The number of anilines is 1. The number of nitrogens with two attached hydrogens (primary N) is 1. The van der Waals surface area contributed by atoms with E-state index in [1.54, 1.807) is 0 Å². The van der Waals surface area contributed by atoms with Crippen molar-refractivity contribution in [2.45, 2.75) is 32.9 Å². The quantitative estimate of drug-likeness (QED) is 0.814. The minimum Gasteiger partial charge on any atom is -0.394 e. The molecule has 0 amide bonds. The molecule has 0 heterocycles. The lowest BCUT2D eigenvalue weighted by atomic mass is 9.99. The summed E-state index contributed by atoms with van der Waals surface area (Å²) >= 11 is 0. The summed E-state index contributed by atoms with van der Waals surface area (Å²) in [5.41, 5.74) is 8.90. The van der Waals surface area contributed by atoms with Crippen molar-refractivity contribution in [3.05, 3.63) is 29.3 Å². The molecule has 0 saturated carbocycles. The topological polar surface area (TPSA) is 49.5 Å². The lowest BCUT2D eigenvalue weighted by Crippen LogP contribution is -2.45. The SMILES string of the molecule is Cc1cccc(CN)c1N(C)C(C)(C)CO. The fourth-order valence-corrected chi connectivity index (χ4v) is 1.77. The molecule has 0 unspecified atom stereocenters. The van der Waals surface area contributed by atoms with Gasteiger partial charge < -0.3 is 15.7 Å². The third-order valence-electron chi connectivity index (χ3n) is 3.17. The van der Waals surface area contributed by atoms with E-state index in [0.717, 1.165) is 11.3 Å². The van der Waals surface area contributed by atoms with Crippen LogP contribution in [0.25, 0.3) is 0 Å². The Morgan fingerprint density at radius 2 is 2.00 bits per heavy atom. The Kier molecular flexibility index (Phi) is 3.94. The number of aliphatic hydroxyl groups excluding tert-OH is 1. The van der Waals surface area contributed by atoms with Crippen LogP contribution in [0.15, 0.2) is 18.2 Å². The highest BCUT2D eigenvalue weighted by molar-refractivity contribution is 5.60. The first-order valence-corrected chi connectivity index (χ1v) is 5.57. The van der Waals surface area contributed by atoms with E-state index in [2.05, 4.69) is 17.9 Å². The van der Waals surface area contributed by atoms with Gasteiger partial charge in [-0.25, -0.2) is 0 Å². The molecule has 0 aliphatic rings. The van der Waals surface area contributed by atoms with Crippen LogP contribution in [0, 0.1) is 6.92 Å². The van der Waals surface area contributed by atoms with Crippen LogP contribution in [0.3, 0.4) is 0 Å². The van der Waals surface area contributed by atoms with E-state index in [0.29, 0.717) is 6.54 Å². The van der Waals surface area contributed by atoms with Crippen LogP contribution < -0.4 is 10.6 Å². The van der Waals surface area contributed by atoms with Crippen LogP contribution in [-0.2, 0) is 6.54 Å². The van der Waals surface area contributed by atoms with Crippen LogP contribution in [-0.4, -0.2) is 24.3 Å². The maximum Gasteiger partial charge on any atom is 0.0658 e. The number of aliphatic hydroxyl groups is 1. The predicted molar refractivity (Wildman–Crippen MR) is 68.6 cm³/mol. The number of hydrogen-bond donors (Lipinski definition) is 2. The molecule has 3 nitrogen and oxygen atoms in total. The van der Waals surface area contributed by atoms with Crippen molar-refractivity contribution < 1.29 is 5.11 Å². The molecule has 0 fully saturated rings. The van der Waals surface area contributed by atoms with Crippen LogP contribution in [0.1, 0.15) is 25.0 Å². The lowest BCUT2D eigenvalue weighted by Gasteiger charge is -2.38. The largest absolute Gasteiger partial charge is 0.394 e. The van der Waals surface area contributed by atoms with E-state index in [4.69, 9.17) is 5.73 Å². The molecule has 0 aliphatic heterocycles. The summed E-state index contributed by atoms with van der Waals surface area (Å²) < 4.78 is 0. The number of benzene rings is 1. The Morgan fingerprint density at radius 3 is 2.50 bits per heavy atom. The summed E-state index contributed by atoms with van der Waals surface area (Å²) in [4.78, 5) is 2.10. The molecule has 3 heteroatoms. The van der Waals surface area contributed by atoms with Gasteiger partial charge in [-0.1, -0.05) is 18.2 Å². The monoisotopic (exact) mass is 222 g/mol. The summed E-state index contributed by atoms with van der Waals surface area (Å²) in [5.74, 6) is 0. The molecule has 0 radical (unpaired) electrons. The van der Waals surface area contributed by atoms with Gasteiger partial charge in [-0.15, -0.1) is 0 Å². The van der Waals surface area contributed by atoms with Crippen molar-refractivity contribution in [3.63, 3.8) is 0 Å². The molecule has 0 atom stereocenters. The molecule has 0 aromatic heterocycles. The van der Waals surface area contributed by atoms with Crippen LogP contribution in [0.5, 0.6) is 0 Å². The first kappa shape index (κ1) is 13.0. The second-order valence-electron chi connectivity index (χ2n) is 4.82. The number of para-hydroxylation sites is 1. The highest BCUT2D eigenvalue weighted by atomic mass is 16.3. The minimum atomic E-state index is -0.282. The summed E-state index contributed by atoms with van der Waals surface area (Å²) in [5, 5.41) is 9.41.